The van der Waals surface area contributed by atoms with Gasteiger partial charge in [0, 0.05) is 6.42 Å². The standard InChI is InChI=1S/C61H119NO8/c1-3-5-7-9-11-13-15-17-19-21-22-23-24-25-26-27-28-29-30-31-32-33-34-35-37-39-41-43-45-47-49-51-57(65)62-54(53-69-61-60(68)59(67)58(66)56(52-63)70-61)55(64)50-48-46-44-42-40-38-36-20-18-16-14-12-10-8-6-4-2/h48,50,54-56,58-61,63-64,66-68H,3-47,49,51-53H2,1-2H3,(H,62,65)/b50-48+/t54-,55+,56+,58+,59?,60?,61+/m0/s1. The molecule has 416 valence electrons. The lowest BCUT2D eigenvalue weighted by atomic mass is 9.99. The molecule has 1 aliphatic rings. The number of hydrogen-bond acceptors (Lipinski definition) is 8. The molecule has 0 aromatic rings. The molecule has 1 amide bonds. The minimum Gasteiger partial charge on any atom is -0.394 e. The van der Waals surface area contributed by atoms with Crippen LogP contribution in [0.1, 0.15) is 316 Å². The average molecular weight is 995 g/mol. The van der Waals surface area contributed by atoms with Crippen molar-refractivity contribution < 1.29 is 39.8 Å². The van der Waals surface area contributed by atoms with Gasteiger partial charge in [-0.1, -0.05) is 302 Å². The number of nitrogens with one attached hydrogen (secondary N) is 1. The zero-order valence-electron chi connectivity index (χ0n) is 46.3. The highest BCUT2D eigenvalue weighted by molar-refractivity contribution is 5.76. The highest BCUT2D eigenvalue weighted by Crippen LogP contribution is 2.23. The third-order valence-electron chi connectivity index (χ3n) is 15.1. The molecule has 0 aromatic carbocycles. The van der Waals surface area contributed by atoms with Crippen LogP contribution in [0.25, 0.3) is 0 Å². The summed E-state index contributed by atoms with van der Waals surface area (Å²) in [6, 6.07) is -0.800. The van der Waals surface area contributed by atoms with E-state index in [1.54, 1.807) is 6.08 Å². The summed E-state index contributed by atoms with van der Waals surface area (Å²) in [5.41, 5.74) is 0. The van der Waals surface area contributed by atoms with E-state index in [9.17, 15) is 30.3 Å². The van der Waals surface area contributed by atoms with Gasteiger partial charge in [-0.2, -0.15) is 0 Å². The van der Waals surface area contributed by atoms with Gasteiger partial charge in [-0.25, -0.2) is 0 Å². The second kappa shape index (κ2) is 51.4. The summed E-state index contributed by atoms with van der Waals surface area (Å²) in [5, 5.41) is 54.5. The molecule has 1 fully saturated rings. The van der Waals surface area contributed by atoms with E-state index in [4.69, 9.17) is 9.47 Å². The van der Waals surface area contributed by atoms with Crippen LogP contribution in [0.4, 0.5) is 0 Å². The summed E-state index contributed by atoms with van der Waals surface area (Å²) < 4.78 is 11.3. The van der Waals surface area contributed by atoms with E-state index in [0.717, 1.165) is 38.5 Å². The Balaban J connectivity index is 2.12. The van der Waals surface area contributed by atoms with Crippen LogP contribution in [-0.4, -0.2) is 87.5 Å². The Bertz CT molecular complexity index is 1110. The van der Waals surface area contributed by atoms with E-state index < -0.39 is 49.5 Å². The predicted molar refractivity (Wildman–Crippen MR) is 295 cm³/mol. The Labute approximate surface area is 433 Å². The Hall–Kier alpha value is -1.07. The maximum atomic E-state index is 13.1. The van der Waals surface area contributed by atoms with Crippen molar-refractivity contribution in [2.45, 2.75) is 358 Å². The molecule has 1 aliphatic heterocycles. The Kier molecular flexibility index (Phi) is 49.2. The lowest BCUT2D eigenvalue weighted by Gasteiger charge is -2.40. The fourth-order valence-corrected chi connectivity index (χ4v) is 10.2. The van der Waals surface area contributed by atoms with Gasteiger partial charge in [0.25, 0.3) is 0 Å². The number of ether oxygens (including phenoxy) is 2. The number of aliphatic hydroxyl groups is 5. The lowest BCUT2D eigenvalue weighted by Crippen LogP contribution is -2.60. The van der Waals surface area contributed by atoms with Crippen LogP contribution in [0, 0.1) is 0 Å². The molecule has 0 saturated carbocycles. The number of allylic oxidation sites excluding steroid dienone is 1. The molecule has 7 atom stereocenters. The molecule has 6 N–H and O–H groups in total. The van der Waals surface area contributed by atoms with Gasteiger partial charge >= 0.3 is 0 Å². The van der Waals surface area contributed by atoms with Crippen molar-refractivity contribution in [3.05, 3.63) is 12.2 Å². The minimum atomic E-state index is -1.56. The van der Waals surface area contributed by atoms with E-state index in [0.29, 0.717) is 6.42 Å². The van der Waals surface area contributed by atoms with Crippen molar-refractivity contribution in [1.82, 2.24) is 5.32 Å². The summed E-state index contributed by atoms with van der Waals surface area (Å²) in [6.07, 6.45) is 57.3. The molecule has 0 bridgehead atoms. The zero-order valence-corrected chi connectivity index (χ0v) is 46.3. The Morgan fingerprint density at radius 1 is 0.471 bits per heavy atom. The smallest absolute Gasteiger partial charge is 0.220 e. The largest absolute Gasteiger partial charge is 0.394 e. The molecule has 1 heterocycles. The van der Waals surface area contributed by atoms with Gasteiger partial charge in [0.05, 0.1) is 25.4 Å². The minimum absolute atomic E-state index is 0.169. The highest BCUT2D eigenvalue weighted by Gasteiger charge is 2.44. The lowest BCUT2D eigenvalue weighted by molar-refractivity contribution is -0.302. The molecule has 70 heavy (non-hydrogen) atoms. The molecular formula is C61H119NO8. The molecule has 9 heteroatoms. The summed E-state index contributed by atoms with van der Waals surface area (Å²) in [4.78, 5) is 13.1. The Morgan fingerprint density at radius 2 is 0.786 bits per heavy atom. The van der Waals surface area contributed by atoms with Crippen molar-refractivity contribution in [2.24, 2.45) is 0 Å². The molecule has 0 aromatic heterocycles. The first kappa shape index (κ1) is 66.9. The third kappa shape index (κ3) is 40.3. The van der Waals surface area contributed by atoms with Gasteiger partial charge in [0.2, 0.25) is 5.91 Å². The monoisotopic (exact) mass is 994 g/mol. The van der Waals surface area contributed by atoms with Crippen molar-refractivity contribution in [1.29, 1.82) is 0 Å². The second-order valence-corrected chi connectivity index (χ2v) is 21.9. The van der Waals surface area contributed by atoms with E-state index in [1.807, 2.05) is 6.08 Å². The number of hydrogen-bond donors (Lipinski definition) is 6. The molecule has 0 radical (unpaired) electrons. The van der Waals surface area contributed by atoms with Gasteiger partial charge < -0.3 is 40.3 Å². The van der Waals surface area contributed by atoms with Crippen molar-refractivity contribution in [3.63, 3.8) is 0 Å². The maximum absolute atomic E-state index is 13.1. The number of rotatable bonds is 54. The molecule has 0 aliphatic carbocycles. The number of unbranched alkanes of at least 4 members (excludes halogenated alkanes) is 44. The topological polar surface area (TPSA) is 149 Å². The summed E-state index contributed by atoms with van der Waals surface area (Å²) in [7, 11) is 0. The maximum Gasteiger partial charge on any atom is 0.220 e. The van der Waals surface area contributed by atoms with Crippen LogP contribution in [0.3, 0.4) is 0 Å². The molecule has 1 saturated heterocycles. The summed E-state index contributed by atoms with van der Waals surface area (Å²) in [6.45, 7) is 3.82. The summed E-state index contributed by atoms with van der Waals surface area (Å²) in [5.74, 6) is -0.169. The average Bonchev–Trinajstić information content (AvgIpc) is 3.36. The quantitative estimate of drug-likeness (QED) is 0.0261. The van der Waals surface area contributed by atoms with Crippen LogP contribution in [0.5, 0.6) is 0 Å². The summed E-state index contributed by atoms with van der Waals surface area (Å²) >= 11 is 0. The van der Waals surface area contributed by atoms with Crippen molar-refractivity contribution >= 4 is 5.91 Å². The molecular weight excluding hydrogens is 875 g/mol. The van der Waals surface area contributed by atoms with Crippen LogP contribution in [0.2, 0.25) is 0 Å². The SMILES string of the molecule is CCCCCCCCCCCCCCCC/C=C/[C@@H](O)[C@H](CO[C@@H]1O[C@H](CO)[C@@H](O)C(O)C1O)NC(=O)CCCCCCCCCCCCCCCCCCCCCCCCCCCCCCCCC. The zero-order chi connectivity index (χ0) is 50.8. The van der Waals surface area contributed by atoms with Gasteiger partial charge in [-0.15, -0.1) is 0 Å². The predicted octanol–water partition coefficient (Wildman–Crippen LogP) is 15.6. The molecule has 0 spiro atoms. The number of carbonyl (C=O) groups excluding carboxylic acids is 1. The first-order chi connectivity index (χ1) is 34.3. The van der Waals surface area contributed by atoms with Crippen LogP contribution in [0.15, 0.2) is 12.2 Å². The number of carbonyl (C=O) groups is 1. The van der Waals surface area contributed by atoms with Crippen LogP contribution >= 0.6 is 0 Å². The molecule has 9 nitrogen and oxygen atoms in total. The number of aliphatic hydroxyl groups excluding tert-OH is 5. The van der Waals surface area contributed by atoms with E-state index in [-0.39, 0.29) is 12.5 Å². The van der Waals surface area contributed by atoms with Gasteiger partial charge in [-0.3, -0.25) is 4.79 Å². The van der Waals surface area contributed by atoms with E-state index in [1.165, 1.54) is 257 Å². The highest BCUT2D eigenvalue weighted by atomic mass is 16.7. The van der Waals surface area contributed by atoms with Gasteiger partial charge in [0.1, 0.15) is 24.4 Å². The van der Waals surface area contributed by atoms with E-state index >= 15 is 0 Å². The fraction of sp³-hybridized carbons (Fsp3) is 0.951. The fourth-order valence-electron chi connectivity index (χ4n) is 10.2. The van der Waals surface area contributed by atoms with Crippen LogP contribution < -0.4 is 5.32 Å². The second-order valence-electron chi connectivity index (χ2n) is 21.9. The van der Waals surface area contributed by atoms with Gasteiger partial charge in [0.15, 0.2) is 6.29 Å². The van der Waals surface area contributed by atoms with Crippen molar-refractivity contribution in [2.75, 3.05) is 13.2 Å². The first-order valence-electron chi connectivity index (χ1n) is 30.9. The van der Waals surface area contributed by atoms with E-state index in [2.05, 4.69) is 19.2 Å². The van der Waals surface area contributed by atoms with Crippen molar-refractivity contribution in [3.8, 4) is 0 Å². The van der Waals surface area contributed by atoms with Crippen LogP contribution in [-0.2, 0) is 14.3 Å². The third-order valence-corrected chi connectivity index (χ3v) is 15.1. The molecule has 2 unspecified atom stereocenters. The normalized spacial score (nSPS) is 19.3. The number of amides is 1. The molecule has 1 rings (SSSR count). The Morgan fingerprint density at radius 3 is 1.11 bits per heavy atom. The van der Waals surface area contributed by atoms with Gasteiger partial charge in [-0.05, 0) is 19.3 Å². The first-order valence-corrected chi connectivity index (χ1v) is 30.9.